The fourth-order valence-electron chi connectivity index (χ4n) is 1.74. The molecule has 1 heterocycles. The Balaban J connectivity index is 2.06. The van der Waals surface area contributed by atoms with Crippen LogP contribution in [0.2, 0.25) is 0 Å². The molecule has 0 saturated carbocycles. The molecule has 76 valence electrons. The van der Waals surface area contributed by atoms with Gasteiger partial charge in [-0.2, -0.15) is 0 Å². The van der Waals surface area contributed by atoms with Crippen LogP contribution in [0, 0.1) is 11.8 Å². The third kappa shape index (κ3) is 3.51. The quantitative estimate of drug-likeness (QED) is 0.572. The van der Waals surface area contributed by atoms with Crippen molar-refractivity contribution in [1.29, 1.82) is 0 Å². The molecule has 1 unspecified atom stereocenters. The molecule has 0 aliphatic carbocycles. The van der Waals surface area contributed by atoms with E-state index < -0.39 is 0 Å². The SMILES string of the molecule is C=C(CCC(C)CCC)C1COC1. The van der Waals surface area contributed by atoms with E-state index in [0.717, 1.165) is 19.1 Å². The summed E-state index contributed by atoms with van der Waals surface area (Å²) in [6.07, 6.45) is 5.17. The number of ether oxygens (including phenoxy) is 1. The average molecular weight is 182 g/mol. The summed E-state index contributed by atoms with van der Waals surface area (Å²) in [6.45, 7) is 10.6. The lowest BCUT2D eigenvalue weighted by Gasteiger charge is -2.28. The van der Waals surface area contributed by atoms with E-state index in [-0.39, 0.29) is 0 Å². The predicted octanol–water partition coefficient (Wildman–Crippen LogP) is 3.41. The highest BCUT2D eigenvalue weighted by Crippen LogP contribution is 2.25. The van der Waals surface area contributed by atoms with Crippen molar-refractivity contribution in [2.45, 2.75) is 39.5 Å². The summed E-state index contributed by atoms with van der Waals surface area (Å²) in [5.41, 5.74) is 1.41. The minimum atomic E-state index is 0.675. The maximum Gasteiger partial charge on any atom is 0.0553 e. The van der Waals surface area contributed by atoms with Gasteiger partial charge in [-0.05, 0) is 18.8 Å². The van der Waals surface area contributed by atoms with Gasteiger partial charge in [-0.3, -0.25) is 0 Å². The fraction of sp³-hybridized carbons (Fsp3) is 0.833. The second-order valence-electron chi connectivity index (χ2n) is 4.33. The fourth-order valence-corrected chi connectivity index (χ4v) is 1.74. The first-order valence-electron chi connectivity index (χ1n) is 5.49. The first kappa shape index (κ1) is 10.8. The lowest BCUT2D eigenvalue weighted by molar-refractivity contribution is -0.0147. The molecule has 0 aromatic rings. The Hall–Kier alpha value is -0.300. The van der Waals surface area contributed by atoms with Gasteiger partial charge in [0, 0.05) is 5.92 Å². The molecule has 1 aliphatic heterocycles. The first-order chi connectivity index (χ1) is 6.24. The van der Waals surface area contributed by atoms with Gasteiger partial charge in [0.2, 0.25) is 0 Å². The zero-order chi connectivity index (χ0) is 9.68. The van der Waals surface area contributed by atoms with Crippen LogP contribution in [-0.4, -0.2) is 13.2 Å². The van der Waals surface area contributed by atoms with Crippen molar-refractivity contribution in [2.75, 3.05) is 13.2 Å². The van der Waals surface area contributed by atoms with Crippen molar-refractivity contribution in [3.8, 4) is 0 Å². The van der Waals surface area contributed by atoms with Crippen LogP contribution in [0.15, 0.2) is 12.2 Å². The van der Waals surface area contributed by atoms with E-state index in [9.17, 15) is 0 Å². The van der Waals surface area contributed by atoms with Gasteiger partial charge in [-0.25, -0.2) is 0 Å². The van der Waals surface area contributed by atoms with Crippen LogP contribution in [0.1, 0.15) is 39.5 Å². The van der Waals surface area contributed by atoms with Crippen molar-refractivity contribution >= 4 is 0 Å². The van der Waals surface area contributed by atoms with E-state index >= 15 is 0 Å². The lowest BCUT2D eigenvalue weighted by Crippen LogP contribution is -2.28. The second kappa shape index (κ2) is 5.43. The van der Waals surface area contributed by atoms with Crippen LogP contribution >= 0.6 is 0 Å². The molecule has 13 heavy (non-hydrogen) atoms. The summed E-state index contributed by atoms with van der Waals surface area (Å²) < 4.78 is 5.15. The zero-order valence-electron chi connectivity index (χ0n) is 9.01. The van der Waals surface area contributed by atoms with E-state index in [1.807, 2.05) is 0 Å². The molecule has 0 spiro atoms. The van der Waals surface area contributed by atoms with Gasteiger partial charge in [0.1, 0.15) is 0 Å². The first-order valence-corrected chi connectivity index (χ1v) is 5.49. The normalized spacial score (nSPS) is 19.5. The topological polar surface area (TPSA) is 9.23 Å². The van der Waals surface area contributed by atoms with Gasteiger partial charge < -0.3 is 4.74 Å². The van der Waals surface area contributed by atoms with Crippen molar-refractivity contribution in [1.82, 2.24) is 0 Å². The zero-order valence-corrected chi connectivity index (χ0v) is 9.01. The molecular formula is C12H22O. The van der Waals surface area contributed by atoms with Crippen molar-refractivity contribution < 1.29 is 4.74 Å². The third-order valence-corrected chi connectivity index (χ3v) is 2.96. The highest BCUT2D eigenvalue weighted by molar-refractivity contribution is 5.03. The molecule has 1 saturated heterocycles. The Bertz CT molecular complexity index is 159. The smallest absolute Gasteiger partial charge is 0.0553 e. The molecule has 0 aromatic carbocycles. The minimum Gasteiger partial charge on any atom is -0.380 e. The Kier molecular flexibility index (Phi) is 4.51. The summed E-state index contributed by atoms with van der Waals surface area (Å²) in [5, 5.41) is 0. The molecule has 1 aliphatic rings. The van der Waals surface area contributed by atoms with Crippen molar-refractivity contribution in [3.05, 3.63) is 12.2 Å². The van der Waals surface area contributed by atoms with E-state index in [2.05, 4.69) is 20.4 Å². The molecule has 1 nitrogen and oxygen atoms in total. The van der Waals surface area contributed by atoms with Crippen LogP contribution in [0.3, 0.4) is 0 Å². The molecule has 1 heteroatoms. The second-order valence-corrected chi connectivity index (χ2v) is 4.33. The van der Waals surface area contributed by atoms with Gasteiger partial charge in [0.25, 0.3) is 0 Å². The van der Waals surface area contributed by atoms with Crippen LogP contribution in [0.4, 0.5) is 0 Å². The number of rotatable bonds is 6. The molecular weight excluding hydrogens is 160 g/mol. The summed E-state index contributed by atoms with van der Waals surface area (Å²) in [5.74, 6) is 1.54. The Morgan fingerprint density at radius 2 is 2.15 bits per heavy atom. The Morgan fingerprint density at radius 1 is 1.46 bits per heavy atom. The molecule has 0 amide bonds. The maximum absolute atomic E-state index is 5.15. The van der Waals surface area contributed by atoms with Crippen LogP contribution in [-0.2, 0) is 4.74 Å². The molecule has 1 atom stereocenters. The lowest BCUT2D eigenvalue weighted by atomic mass is 9.90. The average Bonchev–Trinajstić information content (AvgIpc) is 1.98. The van der Waals surface area contributed by atoms with E-state index in [1.165, 1.54) is 31.3 Å². The largest absolute Gasteiger partial charge is 0.380 e. The molecule has 0 aromatic heterocycles. The van der Waals surface area contributed by atoms with Crippen LogP contribution < -0.4 is 0 Å². The van der Waals surface area contributed by atoms with E-state index in [0.29, 0.717) is 5.92 Å². The van der Waals surface area contributed by atoms with Gasteiger partial charge in [0.05, 0.1) is 13.2 Å². The molecule has 0 bridgehead atoms. The van der Waals surface area contributed by atoms with Gasteiger partial charge in [-0.1, -0.05) is 38.8 Å². The summed E-state index contributed by atoms with van der Waals surface area (Å²) in [4.78, 5) is 0. The Labute approximate surface area is 82.2 Å². The van der Waals surface area contributed by atoms with E-state index in [1.54, 1.807) is 0 Å². The van der Waals surface area contributed by atoms with Crippen LogP contribution in [0.25, 0.3) is 0 Å². The molecule has 1 rings (SSSR count). The molecule has 1 fully saturated rings. The van der Waals surface area contributed by atoms with Crippen molar-refractivity contribution in [2.24, 2.45) is 11.8 Å². The summed E-state index contributed by atoms with van der Waals surface area (Å²) in [6, 6.07) is 0. The third-order valence-electron chi connectivity index (χ3n) is 2.96. The van der Waals surface area contributed by atoms with Crippen molar-refractivity contribution in [3.63, 3.8) is 0 Å². The molecule has 0 N–H and O–H groups in total. The van der Waals surface area contributed by atoms with Gasteiger partial charge in [0.15, 0.2) is 0 Å². The number of hydrogen-bond acceptors (Lipinski definition) is 1. The highest BCUT2D eigenvalue weighted by atomic mass is 16.5. The number of hydrogen-bond donors (Lipinski definition) is 0. The van der Waals surface area contributed by atoms with Gasteiger partial charge in [-0.15, -0.1) is 0 Å². The molecule has 0 radical (unpaired) electrons. The summed E-state index contributed by atoms with van der Waals surface area (Å²) in [7, 11) is 0. The standard InChI is InChI=1S/C12H22O/c1-4-5-10(2)6-7-11(3)12-8-13-9-12/h10,12H,3-9H2,1-2H3. The predicted molar refractivity (Wildman–Crippen MR) is 56.8 cm³/mol. The highest BCUT2D eigenvalue weighted by Gasteiger charge is 2.21. The maximum atomic E-state index is 5.15. The van der Waals surface area contributed by atoms with Crippen LogP contribution in [0.5, 0.6) is 0 Å². The van der Waals surface area contributed by atoms with E-state index in [4.69, 9.17) is 4.74 Å². The summed E-state index contributed by atoms with van der Waals surface area (Å²) >= 11 is 0. The Morgan fingerprint density at radius 3 is 2.62 bits per heavy atom. The van der Waals surface area contributed by atoms with Gasteiger partial charge >= 0.3 is 0 Å². The monoisotopic (exact) mass is 182 g/mol. The minimum absolute atomic E-state index is 0.675.